The summed E-state index contributed by atoms with van der Waals surface area (Å²) in [5, 5.41) is 1.95. The molecule has 0 bridgehead atoms. The van der Waals surface area contributed by atoms with Gasteiger partial charge in [-0.3, -0.25) is 0 Å². The summed E-state index contributed by atoms with van der Waals surface area (Å²) in [6.07, 6.45) is 1.85. The Balaban J connectivity index is 2.12. The molecule has 0 radical (unpaired) electrons. The number of anilines is 1. The zero-order valence-electron chi connectivity index (χ0n) is 10.0. The Morgan fingerprint density at radius 2 is 2.05 bits per heavy atom. The smallest absolute Gasteiger partial charge is 0.201 e. The molecule has 0 atom stereocenters. The van der Waals surface area contributed by atoms with Crippen LogP contribution in [-0.2, 0) is 6.54 Å². The van der Waals surface area contributed by atoms with E-state index in [4.69, 9.17) is 28.9 Å². The van der Waals surface area contributed by atoms with E-state index in [1.165, 1.54) is 4.88 Å². The van der Waals surface area contributed by atoms with Gasteiger partial charge in [-0.1, -0.05) is 23.2 Å². The van der Waals surface area contributed by atoms with Crippen molar-refractivity contribution in [3.63, 3.8) is 0 Å². The van der Waals surface area contributed by atoms with Gasteiger partial charge < -0.3 is 10.3 Å². The zero-order chi connectivity index (χ0) is 13.6. The van der Waals surface area contributed by atoms with E-state index in [1.54, 1.807) is 23.5 Å². The molecular weight excluding hydrogens is 303 g/mol. The van der Waals surface area contributed by atoms with Crippen molar-refractivity contribution in [1.82, 2.24) is 14.5 Å². The Morgan fingerprint density at radius 3 is 2.74 bits per heavy atom. The Labute approximate surface area is 123 Å². The molecule has 0 aliphatic rings. The number of hydrogen-bond acceptors (Lipinski definition) is 4. The Kier molecular flexibility index (Phi) is 3.12. The number of rotatable bonds is 2. The van der Waals surface area contributed by atoms with Crippen LogP contribution in [0, 0.1) is 6.92 Å². The third kappa shape index (κ3) is 2.29. The van der Waals surface area contributed by atoms with Gasteiger partial charge >= 0.3 is 0 Å². The summed E-state index contributed by atoms with van der Waals surface area (Å²) in [7, 11) is 0. The van der Waals surface area contributed by atoms with Crippen LogP contribution >= 0.6 is 34.5 Å². The topological polar surface area (TPSA) is 56.7 Å². The van der Waals surface area contributed by atoms with Crippen LogP contribution in [0.25, 0.3) is 11.0 Å². The van der Waals surface area contributed by atoms with E-state index in [0.29, 0.717) is 22.5 Å². The molecule has 3 rings (SSSR count). The van der Waals surface area contributed by atoms with Gasteiger partial charge in [0.15, 0.2) is 0 Å². The number of benzene rings is 1. The number of aromatic nitrogens is 3. The van der Waals surface area contributed by atoms with Crippen molar-refractivity contribution in [2.24, 2.45) is 0 Å². The van der Waals surface area contributed by atoms with E-state index < -0.39 is 0 Å². The molecule has 0 saturated carbocycles. The van der Waals surface area contributed by atoms with Crippen molar-refractivity contribution in [3.8, 4) is 0 Å². The monoisotopic (exact) mass is 312 g/mol. The van der Waals surface area contributed by atoms with Gasteiger partial charge in [-0.25, -0.2) is 9.97 Å². The Bertz CT molecular complexity index is 763. The molecule has 2 heterocycles. The second-order valence-corrected chi connectivity index (χ2v) is 6.31. The highest BCUT2D eigenvalue weighted by Crippen LogP contribution is 2.29. The van der Waals surface area contributed by atoms with Crippen molar-refractivity contribution in [1.29, 1.82) is 0 Å². The van der Waals surface area contributed by atoms with Crippen LogP contribution in [0.15, 0.2) is 18.3 Å². The summed E-state index contributed by atoms with van der Waals surface area (Å²) < 4.78 is 1.88. The number of hydrogen-bond donors (Lipinski definition) is 1. The van der Waals surface area contributed by atoms with Gasteiger partial charge in [-0.2, -0.15) is 0 Å². The van der Waals surface area contributed by atoms with Crippen LogP contribution in [0.1, 0.15) is 9.88 Å². The Morgan fingerprint density at radius 1 is 1.32 bits per heavy atom. The first-order valence-electron chi connectivity index (χ1n) is 5.56. The summed E-state index contributed by atoms with van der Waals surface area (Å²) in [4.78, 5) is 9.79. The highest BCUT2D eigenvalue weighted by molar-refractivity contribution is 7.11. The largest absolute Gasteiger partial charge is 0.369 e. The lowest BCUT2D eigenvalue weighted by atomic mass is 10.3. The van der Waals surface area contributed by atoms with Crippen LogP contribution in [0.3, 0.4) is 0 Å². The highest BCUT2D eigenvalue weighted by Gasteiger charge is 2.12. The van der Waals surface area contributed by atoms with Crippen molar-refractivity contribution in [2.45, 2.75) is 13.5 Å². The predicted octanol–water partition coefficient (Wildman–Crippen LogP) is 3.74. The highest BCUT2D eigenvalue weighted by atomic mass is 35.5. The summed E-state index contributed by atoms with van der Waals surface area (Å²) in [6.45, 7) is 2.60. The summed E-state index contributed by atoms with van der Waals surface area (Å²) in [6, 6.07) is 3.50. The SMILES string of the molecule is Cc1cnc(Cn2c(N)nc3cc(Cl)c(Cl)cc32)s1. The molecule has 0 saturated heterocycles. The lowest BCUT2D eigenvalue weighted by Crippen LogP contribution is -2.04. The average molecular weight is 313 g/mol. The lowest BCUT2D eigenvalue weighted by molar-refractivity contribution is 0.829. The van der Waals surface area contributed by atoms with Crippen molar-refractivity contribution in [3.05, 3.63) is 38.3 Å². The first kappa shape index (κ1) is 12.7. The molecule has 0 aliphatic heterocycles. The number of nitrogen functional groups attached to an aromatic ring is 1. The van der Waals surface area contributed by atoms with Gasteiger partial charge in [-0.15, -0.1) is 11.3 Å². The molecule has 19 heavy (non-hydrogen) atoms. The molecular formula is C12H10Cl2N4S. The number of nitrogens with two attached hydrogens (primary N) is 1. The second kappa shape index (κ2) is 4.67. The first-order chi connectivity index (χ1) is 9.04. The van der Waals surface area contributed by atoms with Crippen LogP contribution in [0.2, 0.25) is 10.0 Å². The number of thiazole rings is 1. The standard InChI is InChI=1S/C12H10Cl2N4S/c1-6-4-16-11(19-6)5-18-10-3-8(14)7(13)2-9(10)17-12(18)15/h2-4H,5H2,1H3,(H2,15,17). The molecule has 3 aromatic rings. The molecule has 7 heteroatoms. The van der Waals surface area contributed by atoms with E-state index in [-0.39, 0.29) is 0 Å². The maximum atomic E-state index is 6.05. The van der Waals surface area contributed by atoms with E-state index in [9.17, 15) is 0 Å². The fraction of sp³-hybridized carbons (Fsp3) is 0.167. The van der Waals surface area contributed by atoms with Crippen LogP contribution in [0.4, 0.5) is 5.95 Å². The zero-order valence-corrected chi connectivity index (χ0v) is 12.4. The quantitative estimate of drug-likeness (QED) is 0.784. The molecule has 1 aromatic carbocycles. The van der Waals surface area contributed by atoms with E-state index in [1.807, 2.05) is 17.7 Å². The third-order valence-electron chi connectivity index (χ3n) is 2.78. The molecule has 0 amide bonds. The van der Waals surface area contributed by atoms with Crippen LogP contribution in [-0.4, -0.2) is 14.5 Å². The molecule has 0 aliphatic carbocycles. The molecule has 0 unspecified atom stereocenters. The summed E-state index contributed by atoms with van der Waals surface area (Å²) >= 11 is 13.7. The second-order valence-electron chi connectivity index (χ2n) is 4.18. The molecule has 4 nitrogen and oxygen atoms in total. The fourth-order valence-electron chi connectivity index (χ4n) is 1.91. The minimum atomic E-state index is 0.432. The number of fused-ring (bicyclic) bond motifs is 1. The predicted molar refractivity (Wildman–Crippen MR) is 80.1 cm³/mol. The molecule has 0 fully saturated rings. The van der Waals surface area contributed by atoms with Gasteiger partial charge in [0.25, 0.3) is 0 Å². The van der Waals surface area contributed by atoms with E-state index >= 15 is 0 Å². The number of halogens is 2. The summed E-state index contributed by atoms with van der Waals surface area (Å²) in [5.41, 5.74) is 7.55. The van der Waals surface area contributed by atoms with Gasteiger partial charge in [0.1, 0.15) is 5.01 Å². The minimum Gasteiger partial charge on any atom is -0.369 e. The number of aryl methyl sites for hydroxylation is 1. The van der Waals surface area contributed by atoms with Gasteiger partial charge in [0, 0.05) is 11.1 Å². The first-order valence-corrected chi connectivity index (χ1v) is 7.14. The van der Waals surface area contributed by atoms with Gasteiger partial charge in [-0.05, 0) is 19.1 Å². The van der Waals surface area contributed by atoms with E-state index in [2.05, 4.69) is 9.97 Å². The minimum absolute atomic E-state index is 0.432. The van der Waals surface area contributed by atoms with E-state index in [0.717, 1.165) is 16.0 Å². The van der Waals surface area contributed by atoms with Crippen molar-refractivity contribution in [2.75, 3.05) is 5.73 Å². The third-order valence-corrected chi connectivity index (χ3v) is 4.40. The van der Waals surface area contributed by atoms with Crippen LogP contribution in [0.5, 0.6) is 0 Å². The van der Waals surface area contributed by atoms with Crippen LogP contribution < -0.4 is 5.73 Å². The molecule has 2 N–H and O–H groups in total. The lowest BCUT2D eigenvalue weighted by Gasteiger charge is -2.04. The summed E-state index contributed by atoms with van der Waals surface area (Å²) in [5.74, 6) is 0.432. The number of nitrogens with zero attached hydrogens (tertiary/aromatic N) is 3. The average Bonchev–Trinajstić information content (AvgIpc) is 2.87. The van der Waals surface area contributed by atoms with Crippen molar-refractivity contribution >= 4 is 51.5 Å². The molecule has 0 spiro atoms. The van der Waals surface area contributed by atoms with Gasteiger partial charge in [0.05, 0.1) is 27.6 Å². The normalized spacial score (nSPS) is 11.3. The van der Waals surface area contributed by atoms with Gasteiger partial charge in [0.2, 0.25) is 5.95 Å². The Hall–Kier alpha value is -1.30. The fourth-order valence-corrected chi connectivity index (χ4v) is 3.01. The maximum Gasteiger partial charge on any atom is 0.201 e. The van der Waals surface area contributed by atoms with Crippen molar-refractivity contribution < 1.29 is 0 Å². The molecule has 2 aromatic heterocycles. The number of imidazole rings is 1. The maximum absolute atomic E-state index is 6.05. The molecule has 98 valence electrons.